The number of H-pyrrole nitrogens is 1. The standard InChI is InChI=1S/C27H24FN7O3/c1-27(25(36)32-19-5-3-2-4-6-19)15-37-24(38-16-27)23-34-21(17-7-9-18(28)10-8-17)22(35-23)20-11-13-30-26(33-20)31-14-12-29/h2-11,13,24H,14-16H2,1H3,(H,32,36)(H,34,35)(H,30,31,33). The molecule has 0 aliphatic carbocycles. The van der Waals surface area contributed by atoms with Crippen LogP contribution in [0, 0.1) is 22.6 Å². The third kappa shape index (κ3) is 5.36. The molecule has 38 heavy (non-hydrogen) atoms. The molecule has 1 fully saturated rings. The van der Waals surface area contributed by atoms with Crippen molar-refractivity contribution in [2.24, 2.45) is 5.41 Å². The van der Waals surface area contributed by atoms with Crippen molar-refractivity contribution < 1.29 is 18.7 Å². The molecular formula is C27H24FN7O3. The summed E-state index contributed by atoms with van der Waals surface area (Å²) in [7, 11) is 0. The fourth-order valence-electron chi connectivity index (χ4n) is 3.91. The van der Waals surface area contributed by atoms with E-state index in [1.54, 1.807) is 31.3 Å². The van der Waals surface area contributed by atoms with Crippen LogP contribution in [-0.2, 0) is 14.3 Å². The van der Waals surface area contributed by atoms with E-state index in [-0.39, 0.29) is 37.4 Å². The molecule has 0 saturated carbocycles. The Bertz CT molecular complexity index is 1460. The molecule has 2 aromatic heterocycles. The highest BCUT2D eigenvalue weighted by Gasteiger charge is 2.41. The second kappa shape index (κ2) is 10.8. The molecule has 0 radical (unpaired) electrons. The maximum Gasteiger partial charge on any atom is 0.234 e. The Morgan fingerprint density at radius 2 is 1.87 bits per heavy atom. The molecule has 192 valence electrons. The van der Waals surface area contributed by atoms with Gasteiger partial charge in [0.25, 0.3) is 0 Å². The summed E-state index contributed by atoms with van der Waals surface area (Å²) in [5.74, 6) is 0.0568. The Labute approximate surface area is 217 Å². The second-order valence-corrected chi connectivity index (χ2v) is 8.96. The first kappa shape index (κ1) is 25.0. The topological polar surface area (TPSA) is 138 Å². The zero-order valence-electron chi connectivity index (χ0n) is 20.4. The van der Waals surface area contributed by atoms with Crippen molar-refractivity contribution in [2.75, 3.05) is 30.4 Å². The van der Waals surface area contributed by atoms with E-state index < -0.39 is 11.7 Å². The first-order valence-electron chi connectivity index (χ1n) is 11.8. The van der Waals surface area contributed by atoms with Crippen molar-refractivity contribution in [1.82, 2.24) is 19.9 Å². The number of nitrogens with one attached hydrogen (secondary N) is 3. The number of aromatic amines is 1. The largest absolute Gasteiger partial charge is 0.345 e. The molecule has 0 spiro atoms. The van der Waals surface area contributed by atoms with E-state index in [9.17, 15) is 9.18 Å². The molecule has 1 aliphatic rings. The number of hydrogen-bond acceptors (Lipinski definition) is 8. The number of anilines is 2. The number of amides is 1. The van der Waals surface area contributed by atoms with E-state index in [1.165, 1.54) is 12.1 Å². The van der Waals surface area contributed by atoms with Gasteiger partial charge in [-0.2, -0.15) is 5.26 Å². The third-order valence-corrected chi connectivity index (χ3v) is 5.99. The molecule has 3 N–H and O–H groups in total. The van der Waals surface area contributed by atoms with E-state index in [4.69, 9.17) is 19.7 Å². The Hall–Kier alpha value is -4.66. The maximum absolute atomic E-state index is 13.6. The number of para-hydroxylation sites is 1. The lowest BCUT2D eigenvalue weighted by Crippen LogP contribution is -2.45. The van der Waals surface area contributed by atoms with Gasteiger partial charge in [0.05, 0.1) is 41.8 Å². The van der Waals surface area contributed by atoms with Gasteiger partial charge in [-0.25, -0.2) is 19.3 Å². The molecule has 10 nitrogen and oxygen atoms in total. The van der Waals surface area contributed by atoms with E-state index in [2.05, 4.69) is 25.6 Å². The quantitative estimate of drug-likeness (QED) is 0.311. The summed E-state index contributed by atoms with van der Waals surface area (Å²) in [6, 6.07) is 18.8. The summed E-state index contributed by atoms with van der Waals surface area (Å²) in [5.41, 5.74) is 1.98. The van der Waals surface area contributed by atoms with Crippen LogP contribution in [0.3, 0.4) is 0 Å². The number of carbonyl (C=O) groups is 1. The molecule has 5 rings (SSSR count). The molecule has 1 saturated heterocycles. The minimum absolute atomic E-state index is 0.0445. The smallest absolute Gasteiger partial charge is 0.234 e. The second-order valence-electron chi connectivity index (χ2n) is 8.96. The molecular weight excluding hydrogens is 489 g/mol. The summed E-state index contributed by atoms with van der Waals surface area (Å²) in [4.78, 5) is 29.5. The van der Waals surface area contributed by atoms with Gasteiger partial charge in [0.2, 0.25) is 18.1 Å². The van der Waals surface area contributed by atoms with E-state index in [0.29, 0.717) is 34.2 Å². The summed E-state index contributed by atoms with van der Waals surface area (Å²) < 4.78 is 25.5. The van der Waals surface area contributed by atoms with Crippen LogP contribution in [0.15, 0.2) is 66.9 Å². The zero-order valence-corrected chi connectivity index (χ0v) is 20.4. The van der Waals surface area contributed by atoms with Crippen molar-refractivity contribution >= 4 is 17.5 Å². The lowest BCUT2D eigenvalue weighted by molar-refractivity contribution is -0.229. The average molecular weight is 514 g/mol. The van der Waals surface area contributed by atoms with Gasteiger partial charge in [-0.15, -0.1) is 0 Å². The van der Waals surface area contributed by atoms with E-state index in [0.717, 1.165) is 0 Å². The van der Waals surface area contributed by atoms with Crippen LogP contribution in [0.4, 0.5) is 16.0 Å². The fraction of sp³-hybridized carbons (Fsp3) is 0.222. The molecule has 4 aromatic rings. The number of aromatic nitrogens is 4. The number of nitriles is 1. The predicted molar refractivity (Wildman–Crippen MR) is 137 cm³/mol. The molecule has 11 heteroatoms. The number of hydrogen-bond donors (Lipinski definition) is 3. The van der Waals surface area contributed by atoms with Crippen LogP contribution in [0.2, 0.25) is 0 Å². The van der Waals surface area contributed by atoms with Gasteiger partial charge in [-0.1, -0.05) is 18.2 Å². The molecule has 0 bridgehead atoms. The van der Waals surface area contributed by atoms with Crippen LogP contribution in [0.5, 0.6) is 0 Å². The SMILES string of the molecule is CC1(C(=O)Nc2ccccc2)COC(c2nc(-c3ccc(F)cc3)c(-c3ccnc(NCC#N)n3)[nH]2)OC1. The number of benzene rings is 2. The van der Waals surface area contributed by atoms with Crippen LogP contribution in [0.1, 0.15) is 19.0 Å². The summed E-state index contributed by atoms with van der Waals surface area (Å²) in [6.07, 6.45) is 0.694. The van der Waals surface area contributed by atoms with Crippen molar-refractivity contribution in [1.29, 1.82) is 5.26 Å². The first-order chi connectivity index (χ1) is 18.4. The number of halogens is 1. The first-order valence-corrected chi connectivity index (χ1v) is 11.8. The van der Waals surface area contributed by atoms with Gasteiger partial charge in [0.1, 0.15) is 12.4 Å². The Balaban J connectivity index is 1.40. The Kier molecular flexibility index (Phi) is 7.08. The number of ether oxygens (including phenoxy) is 2. The predicted octanol–water partition coefficient (Wildman–Crippen LogP) is 4.30. The number of nitrogens with zero attached hydrogens (tertiary/aromatic N) is 4. The van der Waals surface area contributed by atoms with Gasteiger partial charge < -0.3 is 25.1 Å². The minimum Gasteiger partial charge on any atom is -0.345 e. The maximum atomic E-state index is 13.6. The lowest BCUT2D eigenvalue weighted by Gasteiger charge is -2.35. The number of imidazole rings is 1. The van der Waals surface area contributed by atoms with Crippen LogP contribution >= 0.6 is 0 Å². The van der Waals surface area contributed by atoms with Gasteiger partial charge in [-0.3, -0.25) is 4.79 Å². The molecule has 1 aliphatic heterocycles. The van der Waals surface area contributed by atoms with Gasteiger partial charge in [0, 0.05) is 17.4 Å². The molecule has 1 amide bonds. The highest BCUT2D eigenvalue weighted by molar-refractivity contribution is 5.95. The molecule has 2 aromatic carbocycles. The van der Waals surface area contributed by atoms with Crippen molar-refractivity contribution in [2.45, 2.75) is 13.2 Å². The fourth-order valence-corrected chi connectivity index (χ4v) is 3.91. The van der Waals surface area contributed by atoms with Crippen molar-refractivity contribution in [3.63, 3.8) is 0 Å². The van der Waals surface area contributed by atoms with E-state index >= 15 is 0 Å². The highest BCUT2D eigenvalue weighted by Crippen LogP contribution is 2.36. The normalized spacial score (nSPS) is 18.9. The Morgan fingerprint density at radius 3 is 2.58 bits per heavy atom. The molecule has 0 atom stereocenters. The summed E-state index contributed by atoms with van der Waals surface area (Å²) in [6.45, 7) is 2.03. The summed E-state index contributed by atoms with van der Waals surface area (Å²) in [5, 5.41) is 14.6. The van der Waals surface area contributed by atoms with Gasteiger partial charge >= 0.3 is 0 Å². The highest BCUT2D eigenvalue weighted by atomic mass is 19.1. The zero-order chi connectivity index (χ0) is 26.5. The van der Waals surface area contributed by atoms with Crippen molar-refractivity contribution in [3.8, 4) is 28.7 Å². The minimum atomic E-state index is -0.907. The van der Waals surface area contributed by atoms with Crippen LogP contribution in [0.25, 0.3) is 22.6 Å². The molecule has 3 heterocycles. The van der Waals surface area contributed by atoms with Crippen LogP contribution in [-0.4, -0.2) is 45.6 Å². The Morgan fingerprint density at radius 1 is 1.13 bits per heavy atom. The molecule has 0 unspecified atom stereocenters. The van der Waals surface area contributed by atoms with Gasteiger partial charge in [-0.05, 0) is 49.4 Å². The average Bonchev–Trinajstić information content (AvgIpc) is 3.39. The van der Waals surface area contributed by atoms with Crippen LogP contribution < -0.4 is 10.6 Å². The lowest BCUT2D eigenvalue weighted by atomic mass is 9.91. The summed E-state index contributed by atoms with van der Waals surface area (Å²) >= 11 is 0. The monoisotopic (exact) mass is 513 g/mol. The number of carbonyl (C=O) groups excluding carboxylic acids is 1. The van der Waals surface area contributed by atoms with Gasteiger partial charge in [0.15, 0.2) is 5.82 Å². The van der Waals surface area contributed by atoms with Crippen molar-refractivity contribution in [3.05, 3.63) is 78.5 Å². The third-order valence-electron chi connectivity index (χ3n) is 5.99. The number of rotatable bonds is 7. The van der Waals surface area contributed by atoms with E-state index in [1.807, 2.05) is 36.4 Å².